The first-order valence-corrected chi connectivity index (χ1v) is 9.33. The molecule has 2 atom stereocenters. The van der Waals surface area contributed by atoms with Crippen LogP contribution in [0.3, 0.4) is 0 Å². The van der Waals surface area contributed by atoms with E-state index in [0.29, 0.717) is 17.0 Å². The van der Waals surface area contributed by atoms with Crippen molar-refractivity contribution in [2.24, 2.45) is 0 Å². The zero-order valence-corrected chi connectivity index (χ0v) is 17.4. The average Bonchev–Trinajstić information content (AvgIpc) is 3.20. The minimum atomic E-state index is -4.35. The standard InChI is InChI=1S/C18H25F3N6O.ClH/c1-11(16-12(2)24-27(13(16)3)10-18(19,20)21)23-17(28)15-6-8-26(25-15)14-5-4-7-22-9-14;/h6,8,11,14,22H,4-5,7,9-10H2,1-3H3,(H,23,28);1H. The van der Waals surface area contributed by atoms with Gasteiger partial charge in [-0.15, -0.1) is 12.4 Å². The van der Waals surface area contributed by atoms with E-state index in [0.717, 1.165) is 30.6 Å². The number of alkyl halides is 3. The molecule has 162 valence electrons. The van der Waals surface area contributed by atoms with Crippen LogP contribution in [0.4, 0.5) is 13.2 Å². The van der Waals surface area contributed by atoms with Crippen LogP contribution in [-0.4, -0.2) is 44.7 Å². The van der Waals surface area contributed by atoms with Crippen LogP contribution in [0.5, 0.6) is 0 Å². The summed E-state index contributed by atoms with van der Waals surface area (Å²) in [5.74, 6) is -0.364. The summed E-state index contributed by atoms with van der Waals surface area (Å²) in [4.78, 5) is 12.6. The third-order valence-electron chi connectivity index (χ3n) is 5.03. The minimum Gasteiger partial charge on any atom is -0.344 e. The zero-order valence-electron chi connectivity index (χ0n) is 16.6. The summed E-state index contributed by atoms with van der Waals surface area (Å²) in [5.41, 5.74) is 1.73. The summed E-state index contributed by atoms with van der Waals surface area (Å²) < 4.78 is 40.8. The van der Waals surface area contributed by atoms with Gasteiger partial charge in [-0.2, -0.15) is 23.4 Å². The predicted octanol–water partition coefficient (Wildman–Crippen LogP) is 3.10. The fourth-order valence-corrected chi connectivity index (χ4v) is 3.73. The molecule has 1 amide bonds. The van der Waals surface area contributed by atoms with Crippen molar-refractivity contribution in [2.45, 2.75) is 58.4 Å². The lowest BCUT2D eigenvalue weighted by atomic mass is 10.1. The molecule has 1 saturated heterocycles. The van der Waals surface area contributed by atoms with Gasteiger partial charge in [0.2, 0.25) is 0 Å². The van der Waals surface area contributed by atoms with Gasteiger partial charge < -0.3 is 10.6 Å². The van der Waals surface area contributed by atoms with Crippen molar-refractivity contribution in [1.29, 1.82) is 0 Å². The van der Waals surface area contributed by atoms with E-state index < -0.39 is 18.8 Å². The molecule has 29 heavy (non-hydrogen) atoms. The first-order chi connectivity index (χ1) is 13.2. The van der Waals surface area contributed by atoms with Gasteiger partial charge in [0, 0.05) is 24.0 Å². The second-order valence-electron chi connectivity index (χ2n) is 7.23. The number of amides is 1. The Morgan fingerprint density at radius 1 is 1.38 bits per heavy atom. The summed E-state index contributed by atoms with van der Waals surface area (Å²) in [6.45, 7) is 5.60. The first kappa shape index (κ1) is 23.2. The predicted molar refractivity (Wildman–Crippen MR) is 104 cm³/mol. The van der Waals surface area contributed by atoms with E-state index in [1.165, 1.54) is 0 Å². The van der Waals surface area contributed by atoms with E-state index in [1.807, 2.05) is 0 Å². The Morgan fingerprint density at radius 2 is 2.10 bits per heavy atom. The molecule has 7 nitrogen and oxygen atoms in total. The first-order valence-electron chi connectivity index (χ1n) is 9.33. The Hall–Kier alpha value is -2.07. The van der Waals surface area contributed by atoms with Gasteiger partial charge in [0.1, 0.15) is 12.2 Å². The molecule has 2 unspecified atom stereocenters. The molecule has 3 rings (SSSR count). The van der Waals surface area contributed by atoms with Gasteiger partial charge in [0.25, 0.3) is 5.91 Å². The highest BCUT2D eigenvalue weighted by molar-refractivity contribution is 5.92. The number of aryl methyl sites for hydroxylation is 1. The van der Waals surface area contributed by atoms with Gasteiger partial charge in [-0.25, -0.2) is 0 Å². The molecule has 1 fully saturated rings. The Balaban J connectivity index is 0.00000300. The quantitative estimate of drug-likeness (QED) is 0.758. The average molecular weight is 435 g/mol. The molecule has 0 radical (unpaired) electrons. The number of halogens is 4. The normalized spacial score (nSPS) is 18.2. The van der Waals surface area contributed by atoms with E-state index in [-0.39, 0.29) is 30.0 Å². The van der Waals surface area contributed by atoms with Crippen LogP contribution in [-0.2, 0) is 6.54 Å². The number of carbonyl (C=O) groups is 1. The van der Waals surface area contributed by atoms with Crippen LogP contribution >= 0.6 is 12.4 Å². The maximum Gasteiger partial charge on any atom is 0.408 e. The van der Waals surface area contributed by atoms with Crippen molar-refractivity contribution in [1.82, 2.24) is 30.2 Å². The van der Waals surface area contributed by atoms with Crippen LogP contribution in [0.25, 0.3) is 0 Å². The lowest BCUT2D eigenvalue weighted by Crippen LogP contribution is -2.32. The molecule has 0 aromatic carbocycles. The number of hydrogen-bond acceptors (Lipinski definition) is 4. The molecule has 2 aromatic heterocycles. The number of piperidine rings is 1. The Kier molecular flexibility index (Phi) is 7.34. The lowest BCUT2D eigenvalue weighted by molar-refractivity contribution is -0.143. The van der Waals surface area contributed by atoms with Gasteiger partial charge in [0.15, 0.2) is 0 Å². The van der Waals surface area contributed by atoms with Crippen LogP contribution in [0.1, 0.15) is 59.3 Å². The van der Waals surface area contributed by atoms with E-state index in [1.54, 1.807) is 37.7 Å². The van der Waals surface area contributed by atoms with Gasteiger partial charge in [-0.05, 0) is 46.2 Å². The number of carbonyl (C=O) groups excluding carboxylic acids is 1. The number of aromatic nitrogens is 4. The summed E-state index contributed by atoms with van der Waals surface area (Å²) in [6, 6.07) is 1.39. The monoisotopic (exact) mass is 434 g/mol. The summed E-state index contributed by atoms with van der Waals surface area (Å²) in [5, 5.41) is 14.5. The van der Waals surface area contributed by atoms with Crippen LogP contribution < -0.4 is 10.6 Å². The molecule has 1 aliphatic rings. The van der Waals surface area contributed by atoms with Crippen LogP contribution in [0.15, 0.2) is 12.3 Å². The molecule has 2 aromatic rings. The van der Waals surface area contributed by atoms with Crippen molar-refractivity contribution >= 4 is 18.3 Å². The largest absolute Gasteiger partial charge is 0.408 e. The van der Waals surface area contributed by atoms with Crippen LogP contribution in [0, 0.1) is 13.8 Å². The Bertz CT molecular complexity index is 841. The maximum atomic E-state index is 12.7. The van der Waals surface area contributed by atoms with E-state index in [9.17, 15) is 18.0 Å². The highest BCUT2D eigenvalue weighted by Crippen LogP contribution is 2.25. The molecule has 1 aliphatic heterocycles. The summed E-state index contributed by atoms with van der Waals surface area (Å²) in [6.07, 6.45) is -0.505. The second-order valence-corrected chi connectivity index (χ2v) is 7.23. The minimum absolute atomic E-state index is 0. The fraction of sp³-hybridized carbons (Fsp3) is 0.611. The SMILES string of the molecule is Cc1nn(CC(F)(F)F)c(C)c1C(C)NC(=O)c1ccn(C2CCCNC2)n1.Cl. The number of rotatable bonds is 5. The van der Waals surface area contributed by atoms with Crippen LogP contribution in [0.2, 0.25) is 0 Å². The molecular weight excluding hydrogens is 409 g/mol. The zero-order chi connectivity index (χ0) is 20.5. The number of nitrogens with zero attached hydrogens (tertiary/aromatic N) is 4. The maximum absolute atomic E-state index is 12.7. The van der Waals surface area contributed by atoms with E-state index in [4.69, 9.17) is 0 Å². The fourth-order valence-electron chi connectivity index (χ4n) is 3.73. The summed E-state index contributed by atoms with van der Waals surface area (Å²) in [7, 11) is 0. The van der Waals surface area contributed by atoms with E-state index in [2.05, 4.69) is 20.8 Å². The molecule has 0 spiro atoms. The van der Waals surface area contributed by atoms with Gasteiger partial charge in [0.05, 0.1) is 17.8 Å². The molecule has 0 bridgehead atoms. The topological polar surface area (TPSA) is 76.8 Å². The molecule has 2 N–H and O–H groups in total. The summed E-state index contributed by atoms with van der Waals surface area (Å²) >= 11 is 0. The smallest absolute Gasteiger partial charge is 0.344 e. The lowest BCUT2D eigenvalue weighted by Gasteiger charge is -2.22. The van der Waals surface area contributed by atoms with Crippen molar-refractivity contribution in [3.05, 3.63) is 34.9 Å². The Labute approximate surface area is 173 Å². The van der Waals surface area contributed by atoms with Crippen molar-refractivity contribution in [3.8, 4) is 0 Å². The van der Waals surface area contributed by atoms with Crippen molar-refractivity contribution in [3.63, 3.8) is 0 Å². The highest BCUT2D eigenvalue weighted by atomic mass is 35.5. The molecular formula is C18H26ClF3N6O. The third-order valence-corrected chi connectivity index (χ3v) is 5.03. The second kappa shape index (κ2) is 9.17. The number of hydrogen-bond donors (Lipinski definition) is 2. The molecule has 0 aliphatic carbocycles. The van der Waals surface area contributed by atoms with Crippen molar-refractivity contribution < 1.29 is 18.0 Å². The number of nitrogens with one attached hydrogen (secondary N) is 2. The molecule has 11 heteroatoms. The molecule has 0 saturated carbocycles. The van der Waals surface area contributed by atoms with Gasteiger partial charge >= 0.3 is 6.18 Å². The van der Waals surface area contributed by atoms with E-state index >= 15 is 0 Å². The highest BCUT2D eigenvalue weighted by Gasteiger charge is 2.31. The molecule has 3 heterocycles. The van der Waals surface area contributed by atoms with Gasteiger partial charge in [-0.1, -0.05) is 0 Å². The van der Waals surface area contributed by atoms with Crippen molar-refractivity contribution in [2.75, 3.05) is 13.1 Å². The Morgan fingerprint density at radius 3 is 2.72 bits per heavy atom. The van der Waals surface area contributed by atoms with Gasteiger partial charge in [-0.3, -0.25) is 14.2 Å². The third kappa shape index (κ3) is 5.51.